The number of fused-ring (bicyclic) bond motifs is 1. The maximum Gasteiger partial charge on any atom is 0.264 e. The summed E-state index contributed by atoms with van der Waals surface area (Å²) in [4.78, 5) is 26.5. The summed E-state index contributed by atoms with van der Waals surface area (Å²) in [7, 11) is -2.64. The Balaban J connectivity index is 1.63. The van der Waals surface area contributed by atoms with Crippen LogP contribution in [0.5, 0.6) is 5.75 Å². The Hall–Kier alpha value is -3.63. The summed E-state index contributed by atoms with van der Waals surface area (Å²) in [6.07, 6.45) is -0.236. The van der Waals surface area contributed by atoms with Gasteiger partial charge in [0, 0.05) is 12.0 Å². The number of rotatable bonds is 8. The molecule has 0 saturated heterocycles. The SMILES string of the molecule is COc1ccc(C(=O)CC(C(=O)NS(=O)(=O)c2ccc(C(C)(C)C)cc2)c2ccc3nsnc3c2)cc1. The molecule has 0 fully saturated rings. The minimum Gasteiger partial charge on any atom is -0.497 e. The van der Waals surface area contributed by atoms with E-state index in [9.17, 15) is 18.0 Å². The lowest BCUT2D eigenvalue weighted by molar-refractivity contribution is -0.120. The molecule has 0 aliphatic heterocycles. The molecule has 3 aromatic carbocycles. The first-order chi connectivity index (χ1) is 17.5. The van der Waals surface area contributed by atoms with E-state index in [1.165, 1.54) is 19.2 Å². The molecule has 0 saturated carbocycles. The van der Waals surface area contributed by atoms with Crippen LogP contribution in [0.1, 0.15) is 54.6 Å². The van der Waals surface area contributed by atoms with Crippen molar-refractivity contribution in [3.63, 3.8) is 0 Å². The second-order valence-electron chi connectivity index (χ2n) is 9.66. The number of nitrogens with one attached hydrogen (secondary N) is 1. The van der Waals surface area contributed by atoms with Gasteiger partial charge in [0.1, 0.15) is 16.8 Å². The molecule has 4 rings (SSSR count). The summed E-state index contributed by atoms with van der Waals surface area (Å²) in [5, 5.41) is 0. The maximum absolute atomic E-state index is 13.4. The molecule has 1 atom stereocenters. The summed E-state index contributed by atoms with van der Waals surface area (Å²) in [5.41, 5.74) is 2.89. The second-order valence-corrected chi connectivity index (χ2v) is 11.9. The number of nitrogens with zero attached hydrogens (tertiary/aromatic N) is 2. The van der Waals surface area contributed by atoms with Crippen molar-refractivity contribution in [2.24, 2.45) is 0 Å². The normalized spacial score (nSPS) is 12.8. The molecular weight excluding hydrogens is 510 g/mol. The van der Waals surface area contributed by atoms with Crippen molar-refractivity contribution in [1.82, 2.24) is 13.5 Å². The Kier molecular flexibility index (Phi) is 7.42. The molecule has 37 heavy (non-hydrogen) atoms. The van der Waals surface area contributed by atoms with E-state index in [2.05, 4.69) is 13.5 Å². The number of hydrogen-bond donors (Lipinski definition) is 1. The lowest BCUT2D eigenvalue weighted by Crippen LogP contribution is -2.35. The van der Waals surface area contributed by atoms with Crippen LogP contribution in [-0.2, 0) is 20.2 Å². The van der Waals surface area contributed by atoms with Gasteiger partial charge in [-0.2, -0.15) is 8.75 Å². The van der Waals surface area contributed by atoms with Gasteiger partial charge in [0.25, 0.3) is 10.0 Å². The number of amides is 1. The maximum atomic E-state index is 13.4. The fourth-order valence-corrected chi connectivity index (χ4v) is 5.39. The highest BCUT2D eigenvalue weighted by Crippen LogP contribution is 2.28. The Morgan fingerprint density at radius 1 is 0.946 bits per heavy atom. The summed E-state index contributed by atoms with van der Waals surface area (Å²) in [5.74, 6) is -1.59. The van der Waals surface area contributed by atoms with Crippen molar-refractivity contribution in [3.05, 3.63) is 83.4 Å². The summed E-state index contributed by atoms with van der Waals surface area (Å²) in [6.45, 7) is 6.08. The van der Waals surface area contributed by atoms with E-state index in [-0.39, 0.29) is 22.5 Å². The number of carbonyl (C=O) groups excluding carboxylic acids is 2. The molecule has 1 heterocycles. The van der Waals surface area contributed by atoms with Crippen LogP contribution < -0.4 is 9.46 Å². The fraction of sp³-hybridized carbons (Fsp3) is 0.259. The van der Waals surface area contributed by atoms with Gasteiger partial charge in [-0.15, -0.1) is 0 Å². The molecule has 1 N–H and O–H groups in total. The molecule has 10 heteroatoms. The number of benzene rings is 3. The number of Topliss-reactive ketones (excluding diaryl/α,β-unsaturated/α-hetero) is 1. The zero-order valence-electron chi connectivity index (χ0n) is 20.9. The average Bonchev–Trinajstić information content (AvgIpc) is 3.34. The number of ketones is 1. The minimum atomic E-state index is -4.17. The molecule has 0 bridgehead atoms. The largest absolute Gasteiger partial charge is 0.497 e. The Bertz CT molecular complexity index is 1540. The van der Waals surface area contributed by atoms with E-state index in [0.717, 1.165) is 17.3 Å². The molecule has 0 aliphatic rings. The third-order valence-electron chi connectivity index (χ3n) is 6.06. The van der Waals surface area contributed by atoms with Crippen molar-refractivity contribution >= 4 is 44.5 Å². The molecular formula is C27H27N3O5S2. The first-order valence-electron chi connectivity index (χ1n) is 11.5. The van der Waals surface area contributed by atoms with Gasteiger partial charge < -0.3 is 4.74 Å². The van der Waals surface area contributed by atoms with E-state index < -0.39 is 21.8 Å². The van der Waals surface area contributed by atoms with Gasteiger partial charge in [0.05, 0.1) is 29.7 Å². The third kappa shape index (κ3) is 6.03. The molecule has 0 radical (unpaired) electrons. The molecule has 192 valence electrons. The van der Waals surface area contributed by atoms with E-state index in [4.69, 9.17) is 4.74 Å². The van der Waals surface area contributed by atoms with Crippen LogP contribution in [0.4, 0.5) is 0 Å². The molecule has 1 aromatic heterocycles. The zero-order chi connectivity index (χ0) is 26.8. The van der Waals surface area contributed by atoms with Crippen LogP contribution in [0.2, 0.25) is 0 Å². The van der Waals surface area contributed by atoms with Crippen LogP contribution in [0.15, 0.2) is 71.6 Å². The smallest absolute Gasteiger partial charge is 0.264 e. The molecule has 1 unspecified atom stereocenters. The molecule has 0 aliphatic carbocycles. The third-order valence-corrected chi connectivity index (χ3v) is 7.98. The van der Waals surface area contributed by atoms with Crippen molar-refractivity contribution < 1.29 is 22.7 Å². The Labute approximate surface area is 220 Å². The van der Waals surface area contributed by atoms with Crippen molar-refractivity contribution in [2.75, 3.05) is 7.11 Å². The van der Waals surface area contributed by atoms with E-state index in [1.54, 1.807) is 54.6 Å². The summed E-state index contributed by atoms with van der Waals surface area (Å²) in [6, 6.07) is 18.0. The number of carbonyl (C=O) groups is 2. The average molecular weight is 538 g/mol. The monoisotopic (exact) mass is 537 g/mol. The molecule has 0 spiro atoms. The predicted molar refractivity (Wildman–Crippen MR) is 143 cm³/mol. The molecule has 4 aromatic rings. The number of ether oxygens (including phenoxy) is 1. The molecule has 8 nitrogen and oxygen atoms in total. The van der Waals surface area contributed by atoms with Gasteiger partial charge in [-0.1, -0.05) is 39.0 Å². The van der Waals surface area contributed by atoms with E-state index in [0.29, 0.717) is 27.9 Å². The van der Waals surface area contributed by atoms with Gasteiger partial charge in [-0.05, 0) is 65.1 Å². The highest BCUT2D eigenvalue weighted by molar-refractivity contribution is 7.90. The van der Waals surface area contributed by atoms with Gasteiger partial charge in [-0.3, -0.25) is 9.59 Å². The number of aromatic nitrogens is 2. The fourth-order valence-electron chi connectivity index (χ4n) is 3.85. The minimum absolute atomic E-state index is 0.0340. The van der Waals surface area contributed by atoms with Gasteiger partial charge in [-0.25, -0.2) is 13.1 Å². The first-order valence-corrected chi connectivity index (χ1v) is 13.8. The van der Waals surface area contributed by atoms with Crippen molar-refractivity contribution in [2.45, 2.75) is 43.4 Å². The van der Waals surface area contributed by atoms with Gasteiger partial charge in [0.15, 0.2) is 5.78 Å². The molecule has 1 amide bonds. The standard InChI is InChI=1S/C27H27N3O5S2/c1-27(2,3)19-8-12-21(13-9-19)37(33,34)30-26(32)22(18-7-14-23-24(15-18)29-36-28-23)16-25(31)17-5-10-20(35-4)11-6-17/h5-15,22H,16H2,1-4H3,(H,30,32). The predicted octanol–water partition coefficient (Wildman–Crippen LogP) is 4.86. The van der Waals surface area contributed by atoms with Crippen LogP contribution in [0, 0.1) is 0 Å². The lowest BCUT2D eigenvalue weighted by Gasteiger charge is -2.20. The van der Waals surface area contributed by atoms with E-state index in [1.807, 2.05) is 20.8 Å². The topological polar surface area (TPSA) is 115 Å². The van der Waals surface area contributed by atoms with Gasteiger partial charge in [0.2, 0.25) is 5.91 Å². The first kappa shape index (κ1) is 26.4. The zero-order valence-corrected chi connectivity index (χ0v) is 22.5. The summed E-state index contributed by atoms with van der Waals surface area (Å²) < 4.78 is 41.9. The van der Waals surface area contributed by atoms with Gasteiger partial charge >= 0.3 is 0 Å². The highest BCUT2D eigenvalue weighted by Gasteiger charge is 2.29. The Morgan fingerprint density at radius 2 is 1.59 bits per heavy atom. The summed E-state index contributed by atoms with van der Waals surface area (Å²) >= 11 is 1.03. The Morgan fingerprint density at radius 3 is 2.22 bits per heavy atom. The van der Waals surface area contributed by atoms with Crippen LogP contribution in [-0.4, -0.2) is 36.0 Å². The van der Waals surface area contributed by atoms with Crippen LogP contribution >= 0.6 is 11.7 Å². The van der Waals surface area contributed by atoms with Crippen LogP contribution in [0.25, 0.3) is 11.0 Å². The number of sulfonamides is 1. The van der Waals surface area contributed by atoms with Crippen molar-refractivity contribution in [1.29, 1.82) is 0 Å². The quantitative estimate of drug-likeness (QED) is 0.319. The van der Waals surface area contributed by atoms with Crippen LogP contribution in [0.3, 0.4) is 0 Å². The highest BCUT2D eigenvalue weighted by atomic mass is 32.2. The second kappa shape index (κ2) is 10.4. The number of hydrogen-bond acceptors (Lipinski definition) is 8. The lowest BCUT2D eigenvalue weighted by atomic mass is 9.87. The number of methoxy groups -OCH3 is 1. The van der Waals surface area contributed by atoms with E-state index >= 15 is 0 Å². The van der Waals surface area contributed by atoms with Crippen molar-refractivity contribution in [3.8, 4) is 5.75 Å².